The standard InChI is InChI=1S/C15H17BrN2/c1-18(11-12-6-8-14(16)9-7-12)15-5-3-2-4-13(15)10-17/h2-9H,10-11,17H2,1H3. The van der Waals surface area contributed by atoms with Crippen molar-refractivity contribution in [1.82, 2.24) is 0 Å². The normalized spacial score (nSPS) is 10.4. The Bertz CT molecular complexity index is 508. The van der Waals surface area contributed by atoms with Crippen LogP contribution in [-0.2, 0) is 13.1 Å². The molecule has 3 heteroatoms. The average Bonchev–Trinajstić information content (AvgIpc) is 2.41. The highest BCUT2D eigenvalue weighted by atomic mass is 79.9. The van der Waals surface area contributed by atoms with Gasteiger partial charge in [-0.3, -0.25) is 0 Å². The van der Waals surface area contributed by atoms with Crippen molar-refractivity contribution in [2.24, 2.45) is 5.73 Å². The Hall–Kier alpha value is -1.32. The molecule has 2 aromatic carbocycles. The van der Waals surface area contributed by atoms with Gasteiger partial charge >= 0.3 is 0 Å². The van der Waals surface area contributed by atoms with Crippen LogP contribution in [0.3, 0.4) is 0 Å². The summed E-state index contributed by atoms with van der Waals surface area (Å²) >= 11 is 3.45. The van der Waals surface area contributed by atoms with Crippen molar-refractivity contribution in [1.29, 1.82) is 0 Å². The molecule has 0 saturated heterocycles. The first-order chi connectivity index (χ1) is 8.70. The second kappa shape index (κ2) is 6.03. The van der Waals surface area contributed by atoms with Crippen molar-refractivity contribution in [2.75, 3.05) is 11.9 Å². The zero-order valence-corrected chi connectivity index (χ0v) is 12.0. The smallest absolute Gasteiger partial charge is 0.0426 e. The molecule has 2 aromatic rings. The number of hydrogen-bond donors (Lipinski definition) is 1. The van der Waals surface area contributed by atoms with Crippen molar-refractivity contribution < 1.29 is 0 Å². The first-order valence-corrected chi connectivity index (χ1v) is 6.73. The van der Waals surface area contributed by atoms with E-state index in [1.807, 2.05) is 12.1 Å². The molecule has 94 valence electrons. The van der Waals surface area contributed by atoms with Gasteiger partial charge in [-0.25, -0.2) is 0 Å². The zero-order chi connectivity index (χ0) is 13.0. The van der Waals surface area contributed by atoms with E-state index in [1.165, 1.54) is 16.8 Å². The van der Waals surface area contributed by atoms with Crippen molar-refractivity contribution in [3.05, 3.63) is 64.1 Å². The van der Waals surface area contributed by atoms with Crippen LogP contribution in [0, 0.1) is 0 Å². The second-order valence-corrected chi connectivity index (χ2v) is 5.23. The van der Waals surface area contributed by atoms with Gasteiger partial charge in [0.05, 0.1) is 0 Å². The van der Waals surface area contributed by atoms with Gasteiger partial charge in [-0.05, 0) is 29.3 Å². The molecule has 0 aromatic heterocycles. The van der Waals surface area contributed by atoms with E-state index in [2.05, 4.69) is 64.3 Å². The lowest BCUT2D eigenvalue weighted by atomic mass is 10.1. The van der Waals surface area contributed by atoms with E-state index < -0.39 is 0 Å². The summed E-state index contributed by atoms with van der Waals surface area (Å²) in [7, 11) is 2.09. The van der Waals surface area contributed by atoms with Crippen LogP contribution in [0.1, 0.15) is 11.1 Å². The summed E-state index contributed by atoms with van der Waals surface area (Å²) < 4.78 is 1.11. The van der Waals surface area contributed by atoms with Crippen molar-refractivity contribution in [3.63, 3.8) is 0 Å². The van der Waals surface area contributed by atoms with Gasteiger partial charge in [-0.2, -0.15) is 0 Å². The summed E-state index contributed by atoms with van der Waals surface area (Å²) in [6.45, 7) is 1.45. The van der Waals surface area contributed by atoms with Gasteiger partial charge in [0.15, 0.2) is 0 Å². The third kappa shape index (κ3) is 3.12. The number of benzene rings is 2. The van der Waals surface area contributed by atoms with Crippen molar-refractivity contribution in [2.45, 2.75) is 13.1 Å². The van der Waals surface area contributed by atoms with Gasteiger partial charge in [0.2, 0.25) is 0 Å². The van der Waals surface area contributed by atoms with Crippen LogP contribution in [0.5, 0.6) is 0 Å². The average molecular weight is 305 g/mol. The van der Waals surface area contributed by atoms with Gasteiger partial charge in [0.25, 0.3) is 0 Å². The minimum Gasteiger partial charge on any atom is -0.370 e. The maximum Gasteiger partial charge on any atom is 0.0426 e. The molecular weight excluding hydrogens is 288 g/mol. The molecular formula is C15H17BrN2. The van der Waals surface area contributed by atoms with Crippen molar-refractivity contribution in [3.8, 4) is 0 Å². The Labute approximate surface area is 117 Å². The van der Waals surface area contributed by atoms with Gasteiger partial charge in [0, 0.05) is 30.3 Å². The predicted octanol–water partition coefficient (Wildman–Crippen LogP) is 3.54. The molecule has 0 aliphatic heterocycles. The van der Waals surface area contributed by atoms with Crippen LogP contribution in [0.2, 0.25) is 0 Å². The second-order valence-electron chi connectivity index (χ2n) is 4.32. The first-order valence-electron chi connectivity index (χ1n) is 5.94. The fourth-order valence-electron chi connectivity index (χ4n) is 2.00. The van der Waals surface area contributed by atoms with Crippen LogP contribution in [0.4, 0.5) is 5.69 Å². The lowest BCUT2D eigenvalue weighted by Crippen LogP contribution is -2.18. The van der Waals surface area contributed by atoms with Crippen molar-refractivity contribution >= 4 is 21.6 Å². The topological polar surface area (TPSA) is 29.3 Å². The quantitative estimate of drug-likeness (QED) is 0.936. The minimum absolute atomic E-state index is 0.570. The van der Waals surface area contributed by atoms with Crippen LogP contribution in [-0.4, -0.2) is 7.05 Å². The highest BCUT2D eigenvalue weighted by molar-refractivity contribution is 9.10. The monoisotopic (exact) mass is 304 g/mol. The van der Waals surface area contributed by atoms with E-state index in [4.69, 9.17) is 5.73 Å². The van der Waals surface area contributed by atoms with E-state index in [9.17, 15) is 0 Å². The summed E-state index contributed by atoms with van der Waals surface area (Å²) in [4.78, 5) is 2.23. The number of rotatable bonds is 4. The molecule has 0 unspecified atom stereocenters. The molecule has 0 fully saturated rings. The molecule has 2 nitrogen and oxygen atoms in total. The molecule has 0 aliphatic carbocycles. The van der Waals surface area contributed by atoms with E-state index in [0.29, 0.717) is 6.54 Å². The van der Waals surface area contributed by atoms with Crippen LogP contribution >= 0.6 is 15.9 Å². The van der Waals surface area contributed by atoms with Crippen LogP contribution < -0.4 is 10.6 Å². The fourth-order valence-corrected chi connectivity index (χ4v) is 2.27. The van der Waals surface area contributed by atoms with E-state index in [-0.39, 0.29) is 0 Å². The molecule has 0 atom stereocenters. The summed E-state index contributed by atoms with van der Waals surface area (Å²) in [6.07, 6.45) is 0. The third-order valence-electron chi connectivity index (χ3n) is 2.96. The Morgan fingerprint density at radius 2 is 1.72 bits per heavy atom. The molecule has 0 amide bonds. The maximum atomic E-state index is 5.77. The Morgan fingerprint density at radius 1 is 1.06 bits per heavy atom. The Morgan fingerprint density at radius 3 is 2.39 bits per heavy atom. The molecule has 2 rings (SSSR count). The number of para-hydroxylation sites is 1. The lowest BCUT2D eigenvalue weighted by Gasteiger charge is -2.22. The molecule has 0 radical (unpaired) electrons. The Kier molecular flexibility index (Phi) is 4.39. The van der Waals surface area contributed by atoms with Gasteiger partial charge in [0.1, 0.15) is 0 Å². The highest BCUT2D eigenvalue weighted by Gasteiger charge is 2.06. The number of anilines is 1. The molecule has 2 N–H and O–H groups in total. The molecule has 0 saturated carbocycles. The van der Waals surface area contributed by atoms with Gasteiger partial charge in [-0.15, -0.1) is 0 Å². The number of hydrogen-bond acceptors (Lipinski definition) is 2. The highest BCUT2D eigenvalue weighted by Crippen LogP contribution is 2.21. The number of nitrogens with two attached hydrogens (primary N) is 1. The summed E-state index contributed by atoms with van der Waals surface area (Å²) in [5.41, 5.74) is 9.43. The van der Waals surface area contributed by atoms with E-state index >= 15 is 0 Å². The van der Waals surface area contributed by atoms with Gasteiger partial charge in [-0.1, -0.05) is 46.3 Å². The number of halogens is 1. The molecule has 18 heavy (non-hydrogen) atoms. The molecule has 0 spiro atoms. The summed E-state index contributed by atoms with van der Waals surface area (Å²) in [5, 5.41) is 0. The minimum atomic E-state index is 0.570. The van der Waals surface area contributed by atoms with Crippen LogP contribution in [0.15, 0.2) is 53.0 Å². The van der Waals surface area contributed by atoms with E-state index in [0.717, 1.165) is 11.0 Å². The summed E-state index contributed by atoms with van der Waals surface area (Å²) in [6, 6.07) is 16.7. The van der Waals surface area contributed by atoms with Crippen LogP contribution in [0.25, 0.3) is 0 Å². The maximum absolute atomic E-state index is 5.77. The Balaban J connectivity index is 2.16. The third-order valence-corrected chi connectivity index (χ3v) is 3.48. The van der Waals surface area contributed by atoms with E-state index in [1.54, 1.807) is 0 Å². The number of nitrogens with zero attached hydrogens (tertiary/aromatic N) is 1. The lowest BCUT2D eigenvalue weighted by molar-refractivity contribution is 0.904. The SMILES string of the molecule is CN(Cc1ccc(Br)cc1)c1ccccc1CN. The van der Waals surface area contributed by atoms with Gasteiger partial charge < -0.3 is 10.6 Å². The summed E-state index contributed by atoms with van der Waals surface area (Å²) in [5.74, 6) is 0. The molecule has 0 bridgehead atoms. The predicted molar refractivity (Wildman–Crippen MR) is 80.6 cm³/mol. The molecule has 0 heterocycles. The fraction of sp³-hybridized carbons (Fsp3) is 0.200. The molecule has 0 aliphatic rings. The first kappa shape index (κ1) is 13.1. The zero-order valence-electron chi connectivity index (χ0n) is 10.4. The largest absolute Gasteiger partial charge is 0.370 e.